The number of rotatable bonds is 5. The molecule has 1 amide bonds. The minimum absolute atomic E-state index is 0.187. The Morgan fingerprint density at radius 1 is 1.22 bits per heavy atom. The van der Waals surface area contributed by atoms with Crippen LogP contribution in [-0.4, -0.2) is 43.8 Å². The van der Waals surface area contributed by atoms with Crippen molar-refractivity contribution in [1.82, 2.24) is 30.1 Å². The molecule has 0 aliphatic heterocycles. The average molecular weight is 311 g/mol. The van der Waals surface area contributed by atoms with Gasteiger partial charge in [-0.05, 0) is 32.0 Å². The van der Waals surface area contributed by atoms with Crippen molar-refractivity contribution >= 4 is 17.4 Å². The summed E-state index contributed by atoms with van der Waals surface area (Å²) < 4.78 is 1.60. The highest BCUT2D eigenvalue weighted by Crippen LogP contribution is 2.12. The topological polar surface area (TPSA) is 97.1 Å². The molecule has 8 nitrogen and oxygen atoms in total. The summed E-state index contributed by atoms with van der Waals surface area (Å²) in [6.45, 7) is 4.68. The summed E-state index contributed by atoms with van der Waals surface area (Å²) in [7, 11) is 0. The number of aryl methyl sites for hydroxylation is 2. The quantitative estimate of drug-likeness (QED) is 0.682. The van der Waals surface area contributed by atoms with Gasteiger partial charge < -0.3 is 10.6 Å². The molecule has 0 radical (unpaired) electrons. The van der Waals surface area contributed by atoms with Crippen molar-refractivity contribution in [3.05, 3.63) is 47.5 Å². The first kappa shape index (κ1) is 14.9. The van der Waals surface area contributed by atoms with Crippen LogP contribution in [0, 0.1) is 13.8 Å². The van der Waals surface area contributed by atoms with Crippen LogP contribution in [0.4, 0.5) is 5.82 Å². The lowest BCUT2D eigenvalue weighted by Crippen LogP contribution is -2.29. The zero-order chi connectivity index (χ0) is 16.2. The fourth-order valence-electron chi connectivity index (χ4n) is 2.21. The zero-order valence-corrected chi connectivity index (χ0v) is 12.9. The van der Waals surface area contributed by atoms with Crippen molar-refractivity contribution < 1.29 is 4.79 Å². The van der Waals surface area contributed by atoms with Gasteiger partial charge in [-0.15, -0.1) is 5.10 Å². The summed E-state index contributed by atoms with van der Waals surface area (Å²) in [6.07, 6.45) is 3.41. The molecule has 0 aliphatic carbocycles. The Morgan fingerprint density at radius 2 is 2.09 bits per heavy atom. The number of carbonyl (C=O) groups is 1. The number of carbonyl (C=O) groups excluding carboxylic acids is 1. The van der Waals surface area contributed by atoms with Crippen LogP contribution in [0.25, 0.3) is 5.65 Å². The predicted molar refractivity (Wildman–Crippen MR) is 85.3 cm³/mol. The first-order chi connectivity index (χ1) is 11.1. The molecule has 0 fully saturated rings. The molecule has 0 atom stereocenters. The molecule has 118 valence electrons. The number of anilines is 1. The second-order valence-electron chi connectivity index (χ2n) is 5.09. The third-order valence-corrected chi connectivity index (χ3v) is 3.31. The molecule has 0 saturated carbocycles. The van der Waals surface area contributed by atoms with E-state index in [0.29, 0.717) is 35.8 Å². The molecule has 3 rings (SSSR count). The Morgan fingerprint density at radius 3 is 2.87 bits per heavy atom. The van der Waals surface area contributed by atoms with Gasteiger partial charge in [0.2, 0.25) is 0 Å². The molecule has 0 unspecified atom stereocenters. The van der Waals surface area contributed by atoms with Crippen LogP contribution in [0.15, 0.2) is 30.6 Å². The van der Waals surface area contributed by atoms with E-state index in [0.717, 1.165) is 5.69 Å². The van der Waals surface area contributed by atoms with E-state index < -0.39 is 0 Å². The Bertz CT molecular complexity index is 825. The summed E-state index contributed by atoms with van der Waals surface area (Å²) in [5.41, 5.74) is 2.57. The van der Waals surface area contributed by atoms with Gasteiger partial charge in [0.15, 0.2) is 5.65 Å². The molecular weight excluding hydrogens is 294 g/mol. The number of nitrogens with zero attached hydrogens (tertiary/aromatic N) is 5. The van der Waals surface area contributed by atoms with Crippen molar-refractivity contribution in [3.63, 3.8) is 0 Å². The molecule has 3 aromatic heterocycles. The second kappa shape index (κ2) is 6.39. The highest BCUT2D eigenvalue weighted by atomic mass is 16.1. The van der Waals surface area contributed by atoms with Crippen LogP contribution in [0.5, 0.6) is 0 Å². The van der Waals surface area contributed by atoms with Gasteiger partial charge in [-0.1, -0.05) is 0 Å². The standard InChI is InChI=1S/C15H17N7O/c1-10-4-5-12(20-19-10)16-7-8-18-15(23)13-11(2)21-22-9-3-6-17-14(13)22/h3-6,9H,7-8H2,1-2H3,(H,16,20)(H,18,23). The van der Waals surface area contributed by atoms with Crippen LogP contribution in [-0.2, 0) is 0 Å². The third kappa shape index (κ3) is 3.25. The van der Waals surface area contributed by atoms with Crippen LogP contribution in [0.3, 0.4) is 0 Å². The van der Waals surface area contributed by atoms with Crippen LogP contribution in [0.1, 0.15) is 21.7 Å². The first-order valence-corrected chi connectivity index (χ1v) is 7.27. The third-order valence-electron chi connectivity index (χ3n) is 3.31. The van der Waals surface area contributed by atoms with E-state index in [4.69, 9.17) is 0 Å². The van der Waals surface area contributed by atoms with E-state index in [2.05, 4.69) is 30.9 Å². The maximum Gasteiger partial charge on any atom is 0.257 e. The summed E-state index contributed by atoms with van der Waals surface area (Å²) in [6, 6.07) is 5.50. The fraction of sp³-hybridized carbons (Fsp3) is 0.267. The number of nitrogens with one attached hydrogen (secondary N) is 2. The SMILES string of the molecule is Cc1ccc(NCCNC(=O)c2c(C)nn3cccnc23)nn1. The number of fused-ring (bicyclic) bond motifs is 1. The van der Waals surface area contributed by atoms with Gasteiger partial charge in [-0.2, -0.15) is 10.2 Å². The van der Waals surface area contributed by atoms with E-state index >= 15 is 0 Å². The smallest absolute Gasteiger partial charge is 0.257 e. The minimum atomic E-state index is -0.187. The predicted octanol–water partition coefficient (Wildman–Crippen LogP) is 0.978. The Labute approximate surface area is 133 Å². The maximum atomic E-state index is 12.3. The fourth-order valence-corrected chi connectivity index (χ4v) is 2.21. The van der Waals surface area contributed by atoms with Gasteiger partial charge in [0.1, 0.15) is 11.4 Å². The van der Waals surface area contributed by atoms with E-state index in [9.17, 15) is 4.79 Å². The summed E-state index contributed by atoms with van der Waals surface area (Å²) in [4.78, 5) is 16.5. The number of hydrogen-bond donors (Lipinski definition) is 2. The van der Waals surface area contributed by atoms with Gasteiger partial charge in [0, 0.05) is 25.5 Å². The van der Waals surface area contributed by atoms with Crippen molar-refractivity contribution in [1.29, 1.82) is 0 Å². The number of aromatic nitrogens is 5. The summed E-state index contributed by atoms with van der Waals surface area (Å²) >= 11 is 0. The van der Waals surface area contributed by atoms with Gasteiger partial charge >= 0.3 is 0 Å². The second-order valence-corrected chi connectivity index (χ2v) is 5.09. The molecule has 8 heteroatoms. The number of amides is 1. The van der Waals surface area contributed by atoms with Crippen molar-refractivity contribution in [2.75, 3.05) is 18.4 Å². The Kier molecular flexibility index (Phi) is 4.13. The molecular formula is C15H17N7O. The first-order valence-electron chi connectivity index (χ1n) is 7.27. The zero-order valence-electron chi connectivity index (χ0n) is 12.9. The van der Waals surface area contributed by atoms with Crippen molar-refractivity contribution in [2.45, 2.75) is 13.8 Å². The molecule has 0 aliphatic rings. The minimum Gasteiger partial charge on any atom is -0.367 e. The average Bonchev–Trinajstić information content (AvgIpc) is 2.89. The lowest BCUT2D eigenvalue weighted by molar-refractivity contribution is 0.0956. The lowest BCUT2D eigenvalue weighted by Gasteiger charge is -2.07. The molecule has 3 aromatic rings. The highest BCUT2D eigenvalue weighted by Gasteiger charge is 2.17. The lowest BCUT2D eigenvalue weighted by atomic mass is 10.2. The van der Waals surface area contributed by atoms with Crippen LogP contribution in [0.2, 0.25) is 0 Å². The summed E-state index contributed by atoms with van der Waals surface area (Å²) in [5.74, 6) is 0.492. The van der Waals surface area contributed by atoms with Gasteiger partial charge in [0.05, 0.1) is 11.4 Å². The van der Waals surface area contributed by atoms with E-state index in [1.807, 2.05) is 19.1 Å². The highest BCUT2D eigenvalue weighted by molar-refractivity contribution is 6.00. The molecule has 0 aromatic carbocycles. The Balaban J connectivity index is 1.58. The van der Waals surface area contributed by atoms with Crippen molar-refractivity contribution in [3.8, 4) is 0 Å². The molecule has 23 heavy (non-hydrogen) atoms. The van der Waals surface area contributed by atoms with E-state index in [1.54, 1.807) is 29.9 Å². The Hall–Kier alpha value is -3.03. The molecule has 0 bridgehead atoms. The number of hydrogen-bond acceptors (Lipinski definition) is 6. The van der Waals surface area contributed by atoms with Gasteiger partial charge in [-0.3, -0.25) is 4.79 Å². The molecule has 2 N–H and O–H groups in total. The largest absolute Gasteiger partial charge is 0.367 e. The maximum absolute atomic E-state index is 12.3. The molecule has 0 spiro atoms. The van der Waals surface area contributed by atoms with Crippen molar-refractivity contribution in [2.24, 2.45) is 0 Å². The van der Waals surface area contributed by atoms with E-state index in [-0.39, 0.29) is 5.91 Å². The van der Waals surface area contributed by atoms with Crippen LogP contribution >= 0.6 is 0 Å². The molecule has 3 heterocycles. The summed E-state index contributed by atoms with van der Waals surface area (Å²) in [5, 5.41) is 18.2. The monoisotopic (exact) mass is 311 g/mol. The van der Waals surface area contributed by atoms with Crippen LogP contribution < -0.4 is 10.6 Å². The van der Waals surface area contributed by atoms with E-state index in [1.165, 1.54) is 0 Å². The molecule has 0 saturated heterocycles. The van der Waals surface area contributed by atoms with Gasteiger partial charge in [0.25, 0.3) is 5.91 Å². The normalized spacial score (nSPS) is 10.7. The van der Waals surface area contributed by atoms with Gasteiger partial charge in [-0.25, -0.2) is 9.50 Å².